The quantitative estimate of drug-likeness (QED) is 0.805. The third-order valence-corrected chi connectivity index (χ3v) is 5.46. The first-order chi connectivity index (χ1) is 10.8. The molecule has 4 heteroatoms. The van der Waals surface area contributed by atoms with Gasteiger partial charge in [0.05, 0.1) is 7.11 Å². The van der Waals surface area contributed by atoms with Crippen molar-refractivity contribution >= 4 is 11.3 Å². The van der Waals surface area contributed by atoms with E-state index in [4.69, 9.17) is 4.74 Å². The van der Waals surface area contributed by atoms with Gasteiger partial charge in [-0.15, -0.1) is 11.3 Å². The zero-order valence-corrected chi connectivity index (χ0v) is 14.0. The average molecular weight is 316 g/mol. The molecule has 1 fully saturated rings. The third-order valence-electron chi connectivity index (χ3n) is 4.52. The van der Waals surface area contributed by atoms with Gasteiger partial charge in [0, 0.05) is 23.2 Å². The molecule has 0 atom stereocenters. The van der Waals surface area contributed by atoms with Crippen molar-refractivity contribution in [3.8, 4) is 5.88 Å². The van der Waals surface area contributed by atoms with Gasteiger partial charge in [0.15, 0.2) is 0 Å². The number of thiophene rings is 1. The molecule has 3 nitrogen and oxygen atoms in total. The molecule has 0 N–H and O–H groups in total. The molecular weight excluding hydrogens is 292 g/mol. The minimum Gasteiger partial charge on any atom is -0.481 e. The summed E-state index contributed by atoms with van der Waals surface area (Å²) in [5.74, 6) is 1.65. The van der Waals surface area contributed by atoms with Crippen LogP contribution in [0.2, 0.25) is 0 Å². The monoisotopic (exact) mass is 316 g/mol. The fraction of sp³-hybridized carbons (Fsp3) is 0.500. The number of likely N-dealkylation sites (tertiary alicyclic amines) is 1. The number of pyridine rings is 1. The molecule has 0 aromatic carbocycles. The predicted octanol–water partition coefficient (Wildman–Crippen LogP) is 4.00. The number of methoxy groups -OCH3 is 1. The Balaban J connectivity index is 1.45. The molecule has 3 rings (SSSR count). The third kappa shape index (κ3) is 4.08. The van der Waals surface area contributed by atoms with E-state index < -0.39 is 0 Å². The maximum atomic E-state index is 5.35. The van der Waals surface area contributed by atoms with Gasteiger partial charge >= 0.3 is 0 Å². The van der Waals surface area contributed by atoms with Crippen molar-refractivity contribution in [2.24, 2.45) is 5.92 Å². The van der Waals surface area contributed by atoms with Crippen LogP contribution in [0.5, 0.6) is 5.88 Å². The summed E-state index contributed by atoms with van der Waals surface area (Å²) < 4.78 is 5.35. The Morgan fingerprint density at radius 2 is 2.14 bits per heavy atom. The van der Waals surface area contributed by atoms with Gasteiger partial charge in [0.25, 0.3) is 0 Å². The second-order valence-corrected chi connectivity index (χ2v) is 7.04. The molecule has 0 aliphatic carbocycles. The van der Waals surface area contributed by atoms with Crippen molar-refractivity contribution in [2.45, 2.75) is 32.2 Å². The topological polar surface area (TPSA) is 25.4 Å². The van der Waals surface area contributed by atoms with Crippen LogP contribution >= 0.6 is 11.3 Å². The Hall–Kier alpha value is -1.39. The summed E-state index contributed by atoms with van der Waals surface area (Å²) in [6, 6.07) is 8.53. The van der Waals surface area contributed by atoms with Crippen molar-refractivity contribution < 1.29 is 4.74 Å². The van der Waals surface area contributed by atoms with Gasteiger partial charge in [-0.3, -0.25) is 4.90 Å². The Morgan fingerprint density at radius 1 is 1.27 bits per heavy atom. The minimum atomic E-state index is 0.766. The minimum absolute atomic E-state index is 0.766. The van der Waals surface area contributed by atoms with Crippen molar-refractivity contribution in [3.63, 3.8) is 0 Å². The predicted molar refractivity (Wildman–Crippen MR) is 91.4 cm³/mol. The molecule has 0 unspecified atom stereocenters. The van der Waals surface area contributed by atoms with Gasteiger partial charge in [0.1, 0.15) is 0 Å². The summed E-state index contributed by atoms with van der Waals surface area (Å²) >= 11 is 1.89. The standard InChI is InChI=1S/C18H24N2OS/c1-21-18-16(4-2-10-19-18)14-20-11-8-15(9-12-20)6-7-17-5-3-13-22-17/h2-5,10,13,15H,6-9,11-12,14H2,1H3. The zero-order chi connectivity index (χ0) is 15.2. The van der Waals surface area contributed by atoms with Gasteiger partial charge in [-0.25, -0.2) is 4.98 Å². The molecule has 0 amide bonds. The van der Waals surface area contributed by atoms with Crippen molar-refractivity contribution in [1.29, 1.82) is 0 Å². The lowest BCUT2D eigenvalue weighted by Crippen LogP contribution is -2.33. The van der Waals surface area contributed by atoms with E-state index in [1.165, 1.54) is 49.2 Å². The highest BCUT2D eigenvalue weighted by atomic mass is 32.1. The molecule has 0 saturated carbocycles. The van der Waals surface area contributed by atoms with Crippen molar-refractivity contribution in [1.82, 2.24) is 9.88 Å². The summed E-state index contributed by atoms with van der Waals surface area (Å²) in [6.07, 6.45) is 7.00. The molecule has 2 aromatic rings. The van der Waals surface area contributed by atoms with Gasteiger partial charge in [-0.1, -0.05) is 12.1 Å². The molecule has 3 heterocycles. The van der Waals surface area contributed by atoms with Crippen LogP contribution in [0.25, 0.3) is 0 Å². The molecule has 0 radical (unpaired) electrons. The number of aryl methyl sites for hydroxylation is 1. The number of hydrogen-bond donors (Lipinski definition) is 0. The molecule has 22 heavy (non-hydrogen) atoms. The maximum absolute atomic E-state index is 5.35. The van der Waals surface area contributed by atoms with Crippen LogP contribution in [0.4, 0.5) is 0 Å². The number of hydrogen-bond acceptors (Lipinski definition) is 4. The van der Waals surface area contributed by atoms with E-state index in [1.807, 2.05) is 17.4 Å². The van der Waals surface area contributed by atoms with E-state index in [9.17, 15) is 0 Å². The molecule has 0 spiro atoms. The van der Waals surface area contributed by atoms with E-state index in [0.717, 1.165) is 18.3 Å². The lowest BCUT2D eigenvalue weighted by molar-refractivity contribution is 0.170. The number of ether oxygens (including phenoxy) is 1. The molecule has 1 aliphatic rings. The average Bonchev–Trinajstić information content (AvgIpc) is 3.08. The molecule has 1 aliphatic heterocycles. The number of piperidine rings is 1. The summed E-state index contributed by atoms with van der Waals surface area (Å²) in [6.45, 7) is 3.33. The van der Waals surface area contributed by atoms with Crippen LogP contribution in [0.15, 0.2) is 35.8 Å². The molecule has 0 bridgehead atoms. The first kappa shape index (κ1) is 15.5. The van der Waals surface area contributed by atoms with Crippen LogP contribution in [-0.4, -0.2) is 30.1 Å². The highest BCUT2D eigenvalue weighted by Gasteiger charge is 2.20. The van der Waals surface area contributed by atoms with Crippen LogP contribution < -0.4 is 4.74 Å². The smallest absolute Gasteiger partial charge is 0.217 e. The van der Waals surface area contributed by atoms with Crippen LogP contribution in [-0.2, 0) is 13.0 Å². The molecule has 1 saturated heterocycles. The second-order valence-electron chi connectivity index (χ2n) is 6.01. The molecule has 118 valence electrons. The van der Waals surface area contributed by atoms with Crippen LogP contribution in [0.3, 0.4) is 0 Å². The number of nitrogens with zero attached hydrogens (tertiary/aromatic N) is 2. The second kappa shape index (κ2) is 7.75. The van der Waals surface area contributed by atoms with E-state index in [2.05, 4.69) is 33.5 Å². The number of rotatable bonds is 6. The van der Waals surface area contributed by atoms with Crippen LogP contribution in [0, 0.1) is 5.92 Å². The van der Waals surface area contributed by atoms with Crippen molar-refractivity contribution in [2.75, 3.05) is 20.2 Å². The van der Waals surface area contributed by atoms with E-state index >= 15 is 0 Å². The van der Waals surface area contributed by atoms with Gasteiger partial charge in [-0.2, -0.15) is 0 Å². The van der Waals surface area contributed by atoms with Gasteiger partial charge in [0.2, 0.25) is 5.88 Å². The van der Waals surface area contributed by atoms with E-state index in [-0.39, 0.29) is 0 Å². The van der Waals surface area contributed by atoms with Crippen molar-refractivity contribution in [3.05, 3.63) is 46.3 Å². The Morgan fingerprint density at radius 3 is 2.86 bits per heavy atom. The maximum Gasteiger partial charge on any atom is 0.217 e. The largest absolute Gasteiger partial charge is 0.481 e. The first-order valence-electron chi connectivity index (χ1n) is 8.08. The summed E-state index contributed by atoms with van der Waals surface area (Å²) in [4.78, 5) is 8.35. The fourth-order valence-corrected chi connectivity index (χ4v) is 3.93. The van der Waals surface area contributed by atoms with E-state index in [1.54, 1.807) is 13.3 Å². The Kier molecular flexibility index (Phi) is 5.46. The zero-order valence-electron chi connectivity index (χ0n) is 13.2. The van der Waals surface area contributed by atoms with Gasteiger partial charge < -0.3 is 4.74 Å². The SMILES string of the molecule is COc1ncccc1CN1CCC(CCc2cccs2)CC1. The summed E-state index contributed by atoms with van der Waals surface area (Å²) in [5.41, 5.74) is 1.20. The van der Waals surface area contributed by atoms with E-state index in [0.29, 0.717) is 0 Å². The molecule has 2 aromatic heterocycles. The first-order valence-corrected chi connectivity index (χ1v) is 8.95. The Bertz CT molecular complexity index is 562. The highest BCUT2D eigenvalue weighted by molar-refractivity contribution is 7.09. The lowest BCUT2D eigenvalue weighted by atomic mass is 9.92. The lowest BCUT2D eigenvalue weighted by Gasteiger charge is -2.32. The van der Waals surface area contributed by atoms with Crippen LogP contribution in [0.1, 0.15) is 29.7 Å². The van der Waals surface area contributed by atoms with Gasteiger partial charge in [-0.05, 0) is 62.2 Å². The summed E-state index contributed by atoms with van der Waals surface area (Å²) in [5, 5.41) is 2.18. The summed E-state index contributed by atoms with van der Waals surface area (Å²) in [7, 11) is 1.70. The Labute approximate surface area is 137 Å². The molecular formula is C18H24N2OS. The fourth-order valence-electron chi connectivity index (χ4n) is 3.20. The highest BCUT2D eigenvalue weighted by Crippen LogP contribution is 2.25. The number of aromatic nitrogens is 1. The normalized spacial score (nSPS) is 16.8.